The van der Waals surface area contributed by atoms with Crippen LogP contribution in [0.2, 0.25) is 0 Å². The molecule has 0 radical (unpaired) electrons. The van der Waals surface area contributed by atoms with E-state index in [2.05, 4.69) is 217 Å². The first-order valence-corrected chi connectivity index (χ1v) is 21.6. The number of aromatic nitrogens is 2. The van der Waals surface area contributed by atoms with Gasteiger partial charge in [-0.25, -0.2) is 9.58 Å². The smallest absolute Gasteiger partial charge is 0.225 e. The number of nitrogens with zero attached hydrogens (tertiary/aromatic N) is 4. The Kier molecular flexibility index (Phi) is 9.88. The summed E-state index contributed by atoms with van der Waals surface area (Å²) >= 11 is 0. The molecule has 1 unspecified atom stereocenters. The van der Waals surface area contributed by atoms with Crippen LogP contribution < -0.4 is 13.9 Å². The van der Waals surface area contributed by atoms with Crippen molar-refractivity contribution in [2.45, 2.75) is 119 Å². The topological polar surface area (TPSA) is 27.1 Å². The molecule has 9 rings (SSSR count). The second kappa shape index (κ2) is 14.0. The minimum atomic E-state index is -0.145. The van der Waals surface area contributed by atoms with Gasteiger partial charge in [0.25, 0.3) is 0 Å². The number of hydrogen-bond donors (Lipinski definition) is 0. The molecule has 0 N–H and O–H groups in total. The van der Waals surface area contributed by atoms with Crippen LogP contribution in [0.5, 0.6) is 11.5 Å². The van der Waals surface area contributed by atoms with E-state index in [1.54, 1.807) is 0 Å². The Balaban J connectivity index is 0.00000514. The Morgan fingerprint density at radius 1 is 0.557 bits per heavy atom. The number of rotatable bonds is 6. The van der Waals surface area contributed by atoms with E-state index in [1.165, 1.54) is 39.3 Å². The van der Waals surface area contributed by atoms with Gasteiger partial charge >= 0.3 is 0 Å². The number of fused-ring (bicyclic) bond motifs is 7. The second-order valence-corrected chi connectivity index (χ2v) is 21.9. The van der Waals surface area contributed by atoms with Crippen molar-refractivity contribution in [2.24, 2.45) is 5.41 Å². The molecule has 4 heterocycles. The molecule has 5 nitrogen and oxygen atoms in total. The molecule has 2 aliphatic heterocycles. The zero-order chi connectivity index (χ0) is 43.0. The molecule has 0 aliphatic carbocycles. The standard InChI is InChI=1S/C55H61N4O.Pt/c1-51(2,3)36-22-25-48-49(31-36)59(35-58(48,59)40-19-17-18-38(28-40)55(13,14)54(10,11)12)41-29-39(53(7,8)9)30-43(33-41)60-42-23-24-45-44-20-15-16-21-46(44)57(47(45)34-42)50-32-37(26-27-56-50)52(4,5)6;/h15-32,35H,1-14H3;/q-1;/t58-,59?;/m0./s1. The van der Waals surface area contributed by atoms with Crippen LogP contribution in [-0.2, 0) is 42.7 Å². The average molecular weight is 989 g/mol. The Hall–Kier alpha value is -4.54. The Morgan fingerprint density at radius 3 is 1.93 bits per heavy atom. The van der Waals surface area contributed by atoms with Gasteiger partial charge in [-0.05, 0) is 67.4 Å². The van der Waals surface area contributed by atoms with Crippen molar-refractivity contribution in [2.75, 3.05) is 0 Å². The maximum Gasteiger partial charge on any atom is 0.225 e. The molecule has 61 heavy (non-hydrogen) atoms. The van der Waals surface area contributed by atoms with E-state index in [0.29, 0.717) is 20.7 Å². The van der Waals surface area contributed by atoms with Gasteiger partial charge in [0.15, 0.2) is 12.4 Å². The van der Waals surface area contributed by atoms with E-state index < -0.39 is 0 Å². The van der Waals surface area contributed by atoms with Crippen LogP contribution in [0.1, 0.15) is 119 Å². The van der Waals surface area contributed by atoms with E-state index in [4.69, 9.17) is 9.72 Å². The quantitative estimate of drug-likeness (QED) is 0.0943. The molecule has 6 heteroatoms. The van der Waals surface area contributed by atoms with Crippen molar-refractivity contribution in [1.29, 1.82) is 0 Å². The Morgan fingerprint density at radius 2 is 1.25 bits per heavy atom. The summed E-state index contributed by atoms with van der Waals surface area (Å²) in [7, 11) is 0. The summed E-state index contributed by atoms with van der Waals surface area (Å²) < 4.78 is 10.3. The maximum absolute atomic E-state index is 6.94. The van der Waals surface area contributed by atoms with Gasteiger partial charge in [-0.3, -0.25) is 0 Å². The average Bonchev–Trinajstić information content (AvgIpc) is 3.67. The van der Waals surface area contributed by atoms with Gasteiger partial charge in [-0.1, -0.05) is 145 Å². The van der Waals surface area contributed by atoms with E-state index >= 15 is 0 Å². The minimum Gasteiger partial charge on any atom is -0.509 e. The first-order chi connectivity index (χ1) is 28.0. The number of pyridine rings is 1. The van der Waals surface area contributed by atoms with Crippen molar-refractivity contribution in [3.05, 3.63) is 150 Å². The number of benzene rings is 5. The van der Waals surface area contributed by atoms with Crippen LogP contribution in [0.15, 0.2) is 109 Å². The van der Waals surface area contributed by atoms with Crippen LogP contribution in [0.3, 0.4) is 0 Å². The van der Waals surface area contributed by atoms with Crippen molar-refractivity contribution in [3.8, 4) is 17.3 Å². The molecular weight excluding hydrogens is 928 g/mol. The Labute approximate surface area is 378 Å². The molecule has 0 bridgehead atoms. The molecule has 0 spiro atoms. The normalized spacial score (nSPS) is 18.9. The maximum atomic E-state index is 6.94. The minimum absolute atomic E-state index is 0. The third-order valence-corrected chi connectivity index (χ3v) is 13.9. The molecule has 1 fully saturated rings. The summed E-state index contributed by atoms with van der Waals surface area (Å²) in [5.41, 5.74) is 11.9. The summed E-state index contributed by atoms with van der Waals surface area (Å²) in [6, 6.07) is 45.6. The predicted octanol–water partition coefficient (Wildman–Crippen LogP) is 15.1. The molecule has 0 saturated carbocycles. The van der Waals surface area contributed by atoms with Gasteiger partial charge in [0.1, 0.15) is 5.82 Å². The van der Waals surface area contributed by atoms with Gasteiger partial charge in [-0.15, -0.1) is 35.2 Å². The summed E-state index contributed by atoms with van der Waals surface area (Å²) in [5.74, 6) is 2.18. The van der Waals surface area contributed by atoms with Crippen molar-refractivity contribution in [3.63, 3.8) is 0 Å². The van der Waals surface area contributed by atoms with Crippen LogP contribution in [0.4, 0.5) is 22.7 Å². The van der Waals surface area contributed by atoms with Crippen LogP contribution in [-0.4, -0.2) is 9.55 Å². The third kappa shape index (κ3) is 6.64. The fourth-order valence-corrected chi connectivity index (χ4v) is 8.98. The first-order valence-electron chi connectivity index (χ1n) is 21.6. The van der Waals surface area contributed by atoms with E-state index in [0.717, 1.165) is 33.3 Å². The van der Waals surface area contributed by atoms with Crippen LogP contribution in [0, 0.1) is 24.2 Å². The molecule has 318 valence electrons. The first kappa shape index (κ1) is 43.1. The number of ether oxygens (including phenoxy) is 1. The summed E-state index contributed by atoms with van der Waals surface area (Å²) in [6.45, 7) is 34.7. The largest absolute Gasteiger partial charge is 0.509 e. The summed E-state index contributed by atoms with van der Waals surface area (Å²) in [6.07, 6.45) is 1.92. The van der Waals surface area contributed by atoms with Gasteiger partial charge in [0.05, 0.1) is 5.69 Å². The number of para-hydroxylation sites is 1. The molecule has 7 aromatic rings. The van der Waals surface area contributed by atoms with E-state index in [9.17, 15) is 0 Å². The van der Waals surface area contributed by atoms with Crippen LogP contribution >= 0.6 is 0 Å². The summed E-state index contributed by atoms with van der Waals surface area (Å²) in [4.78, 5) is 4.90. The second-order valence-electron chi connectivity index (χ2n) is 21.9. The van der Waals surface area contributed by atoms with E-state index in [1.807, 2.05) is 12.3 Å². The molecule has 2 aromatic heterocycles. The van der Waals surface area contributed by atoms with Crippen molar-refractivity contribution >= 4 is 44.6 Å². The summed E-state index contributed by atoms with van der Waals surface area (Å²) in [5, 5.41) is 2.27. The third-order valence-electron chi connectivity index (χ3n) is 13.9. The van der Waals surface area contributed by atoms with Gasteiger partial charge in [0.2, 0.25) is 11.4 Å². The van der Waals surface area contributed by atoms with Gasteiger partial charge < -0.3 is 9.30 Å². The number of hydrogen-bond acceptors (Lipinski definition) is 2. The van der Waals surface area contributed by atoms with E-state index in [-0.39, 0.29) is 48.1 Å². The van der Waals surface area contributed by atoms with Crippen molar-refractivity contribution in [1.82, 2.24) is 18.7 Å². The zero-order valence-electron chi connectivity index (χ0n) is 38.5. The van der Waals surface area contributed by atoms with Crippen molar-refractivity contribution < 1.29 is 25.8 Å². The van der Waals surface area contributed by atoms with Crippen LogP contribution in [0.25, 0.3) is 27.6 Å². The molecule has 2 aliphatic rings. The molecule has 0 amide bonds. The fraction of sp³-hybridized carbons (Fsp3) is 0.345. The zero-order valence-corrected chi connectivity index (χ0v) is 40.8. The monoisotopic (exact) mass is 988 g/mol. The molecular formula is C55H61N4OPt-. The van der Waals surface area contributed by atoms with Gasteiger partial charge in [-0.2, -0.15) is 10.7 Å². The van der Waals surface area contributed by atoms with Gasteiger partial charge in [0, 0.05) is 68.5 Å². The number of quaternary nitrogens is 2. The Bertz CT molecular complexity index is 2860. The fourth-order valence-electron chi connectivity index (χ4n) is 8.98. The SMILES string of the molecule is CC(C)(C)c1cc(Oc2[c-]c3c(cc2)c2ccccc2n3-c2cc(C(C)(C)C)ccn2)[c-]c([N+]23[CH-][N@+]2(c2cccc(C(C)(C)C(C)(C)C)c2)c2ccc(C(C)(C)C)cc23)c1.[Pt]. The molecule has 2 atom stereocenters. The predicted molar refractivity (Wildman–Crippen MR) is 251 cm³/mol. The molecule has 1 saturated heterocycles. The molecule has 5 aromatic carbocycles.